The fourth-order valence-electron chi connectivity index (χ4n) is 2.73. The van der Waals surface area contributed by atoms with Gasteiger partial charge in [0.25, 0.3) is 0 Å². The lowest BCUT2D eigenvalue weighted by atomic mass is 10.1. The first-order valence-electron chi connectivity index (χ1n) is 8.30. The molecule has 1 saturated heterocycles. The van der Waals surface area contributed by atoms with Crippen LogP contribution in [0.1, 0.15) is 26.7 Å². The van der Waals surface area contributed by atoms with Crippen molar-refractivity contribution in [1.82, 2.24) is 20.4 Å². The number of carbonyl (C=O) groups is 2. The number of hydrogen-bond donors (Lipinski definition) is 2. The topological polar surface area (TPSA) is 64.7 Å². The van der Waals surface area contributed by atoms with E-state index in [4.69, 9.17) is 0 Å². The molecule has 0 aromatic rings. The van der Waals surface area contributed by atoms with Crippen LogP contribution in [-0.4, -0.2) is 78.6 Å². The molecule has 2 N–H and O–H groups in total. The second kappa shape index (κ2) is 7.69. The van der Waals surface area contributed by atoms with Gasteiger partial charge in [0.15, 0.2) is 0 Å². The van der Waals surface area contributed by atoms with E-state index in [0.29, 0.717) is 32.2 Å². The smallest absolute Gasteiger partial charge is 0.352 e. The maximum atomic E-state index is 12.2. The normalized spacial score (nSPS) is 22.7. The van der Waals surface area contributed by atoms with Gasteiger partial charge in [0.2, 0.25) is 11.8 Å². The predicted octanol–water partition coefficient (Wildman–Crippen LogP) is 0.338. The Balaban J connectivity index is 1.74. The highest BCUT2D eigenvalue weighted by Crippen LogP contribution is 2.19. The molecule has 2 aliphatic rings. The summed E-state index contributed by atoms with van der Waals surface area (Å²) in [7, 11) is 0. The highest BCUT2D eigenvalue weighted by molar-refractivity contribution is 5.82. The summed E-state index contributed by atoms with van der Waals surface area (Å²) in [6, 6.07) is -0.536. The van der Waals surface area contributed by atoms with E-state index >= 15 is 0 Å². The first kappa shape index (κ1) is 19.0. The molecule has 0 aromatic heterocycles. The van der Waals surface area contributed by atoms with Crippen LogP contribution in [-0.2, 0) is 9.59 Å². The van der Waals surface area contributed by atoms with Gasteiger partial charge in [-0.2, -0.15) is 13.2 Å². The summed E-state index contributed by atoms with van der Waals surface area (Å²) in [5, 5.41) is 4.89. The molecular formula is C15H25F3N4O2. The van der Waals surface area contributed by atoms with E-state index in [0.717, 1.165) is 12.8 Å². The number of nitrogens with zero attached hydrogens (tertiary/aromatic N) is 2. The molecule has 0 spiro atoms. The maximum Gasteiger partial charge on any atom is 0.405 e. The first-order chi connectivity index (χ1) is 11.2. The van der Waals surface area contributed by atoms with Gasteiger partial charge in [0.1, 0.15) is 6.54 Å². The Hall–Kier alpha value is -1.35. The lowest BCUT2D eigenvalue weighted by Gasteiger charge is -2.39. The number of piperazine rings is 1. The van der Waals surface area contributed by atoms with Crippen molar-refractivity contribution >= 4 is 11.8 Å². The maximum absolute atomic E-state index is 12.2. The Labute approximate surface area is 139 Å². The Bertz CT molecular complexity index is 460. The van der Waals surface area contributed by atoms with Gasteiger partial charge >= 0.3 is 6.18 Å². The van der Waals surface area contributed by atoms with Gasteiger partial charge < -0.3 is 10.6 Å². The molecule has 1 saturated carbocycles. The van der Waals surface area contributed by atoms with Crippen LogP contribution in [0.5, 0.6) is 0 Å². The summed E-state index contributed by atoms with van der Waals surface area (Å²) in [5.74, 6) is -0.609. The van der Waals surface area contributed by atoms with Gasteiger partial charge in [-0.05, 0) is 26.7 Å². The van der Waals surface area contributed by atoms with E-state index in [1.807, 2.05) is 22.0 Å². The minimum absolute atomic E-state index is 0.0157. The highest BCUT2D eigenvalue weighted by Gasteiger charge is 2.33. The Morgan fingerprint density at radius 2 is 1.46 bits per heavy atom. The fraction of sp³-hybridized carbons (Fsp3) is 0.867. The molecule has 2 rings (SSSR count). The van der Waals surface area contributed by atoms with Gasteiger partial charge in [-0.25, -0.2) is 0 Å². The number of rotatable bonds is 6. The largest absolute Gasteiger partial charge is 0.405 e. The molecule has 2 atom stereocenters. The zero-order chi connectivity index (χ0) is 17.9. The first-order valence-corrected chi connectivity index (χ1v) is 8.30. The van der Waals surface area contributed by atoms with Crippen LogP contribution in [0.4, 0.5) is 13.2 Å². The van der Waals surface area contributed by atoms with Crippen LogP contribution in [0.2, 0.25) is 0 Å². The number of halogens is 3. The van der Waals surface area contributed by atoms with Gasteiger partial charge in [0, 0.05) is 32.2 Å². The van der Waals surface area contributed by atoms with E-state index in [-0.39, 0.29) is 11.9 Å². The van der Waals surface area contributed by atoms with Gasteiger partial charge in [-0.1, -0.05) is 0 Å². The summed E-state index contributed by atoms with van der Waals surface area (Å²) in [6.45, 7) is 4.45. The molecule has 2 unspecified atom stereocenters. The van der Waals surface area contributed by atoms with E-state index in [1.54, 1.807) is 6.92 Å². The van der Waals surface area contributed by atoms with Gasteiger partial charge in [0.05, 0.1) is 12.1 Å². The summed E-state index contributed by atoms with van der Waals surface area (Å²) in [6.07, 6.45) is -2.33. The highest BCUT2D eigenvalue weighted by atomic mass is 19.4. The molecule has 0 radical (unpaired) electrons. The van der Waals surface area contributed by atoms with Crippen molar-refractivity contribution in [2.75, 3.05) is 32.7 Å². The molecule has 24 heavy (non-hydrogen) atoms. The molecule has 9 heteroatoms. The van der Waals surface area contributed by atoms with E-state index in [2.05, 4.69) is 5.32 Å². The van der Waals surface area contributed by atoms with Crippen molar-refractivity contribution in [2.24, 2.45) is 0 Å². The van der Waals surface area contributed by atoms with Crippen LogP contribution in [0, 0.1) is 0 Å². The van der Waals surface area contributed by atoms with E-state index < -0.39 is 24.7 Å². The van der Waals surface area contributed by atoms with Gasteiger partial charge in [-0.15, -0.1) is 0 Å². The average molecular weight is 350 g/mol. The average Bonchev–Trinajstić information content (AvgIpc) is 3.34. The van der Waals surface area contributed by atoms with Crippen molar-refractivity contribution in [3.8, 4) is 0 Å². The number of nitrogens with one attached hydrogen (secondary N) is 2. The zero-order valence-electron chi connectivity index (χ0n) is 14.0. The third-order valence-electron chi connectivity index (χ3n) is 4.59. The SMILES string of the molecule is CC(C(=O)NCC(F)(F)F)N1CCN(C(C)C(=O)NC2CC2)CC1. The summed E-state index contributed by atoms with van der Waals surface area (Å²) in [5.41, 5.74) is 0. The molecule has 138 valence electrons. The van der Waals surface area contributed by atoms with Crippen LogP contribution >= 0.6 is 0 Å². The quantitative estimate of drug-likeness (QED) is 0.725. The van der Waals surface area contributed by atoms with Crippen LogP contribution in [0.25, 0.3) is 0 Å². The molecule has 2 amide bonds. The van der Waals surface area contributed by atoms with E-state index in [1.165, 1.54) is 0 Å². The minimum Gasteiger partial charge on any atom is -0.352 e. The number of carbonyl (C=O) groups excluding carboxylic acids is 2. The van der Waals surface area contributed by atoms with Gasteiger partial charge in [-0.3, -0.25) is 19.4 Å². The van der Waals surface area contributed by atoms with Crippen molar-refractivity contribution in [3.63, 3.8) is 0 Å². The minimum atomic E-state index is -4.40. The number of hydrogen-bond acceptors (Lipinski definition) is 4. The van der Waals surface area contributed by atoms with E-state index in [9.17, 15) is 22.8 Å². The van der Waals surface area contributed by atoms with Crippen LogP contribution in [0.3, 0.4) is 0 Å². The van der Waals surface area contributed by atoms with Crippen molar-refractivity contribution in [2.45, 2.75) is 51.0 Å². The monoisotopic (exact) mass is 350 g/mol. The molecule has 0 bridgehead atoms. The Morgan fingerprint density at radius 1 is 1.00 bits per heavy atom. The lowest BCUT2D eigenvalue weighted by molar-refractivity contribution is -0.141. The molecule has 0 aromatic carbocycles. The standard InChI is InChI=1S/C15H25F3N4O2/c1-10(13(23)19-9-15(16,17)18)21-5-7-22(8-6-21)11(2)14(24)20-12-3-4-12/h10-12H,3-9H2,1-2H3,(H,19,23)(H,20,24). The van der Waals surface area contributed by atoms with Crippen LogP contribution in [0.15, 0.2) is 0 Å². The summed E-state index contributed by atoms with van der Waals surface area (Å²) >= 11 is 0. The molecule has 1 aliphatic carbocycles. The number of alkyl halides is 3. The second-order valence-corrected chi connectivity index (χ2v) is 6.54. The van der Waals surface area contributed by atoms with Crippen molar-refractivity contribution in [3.05, 3.63) is 0 Å². The number of amides is 2. The molecular weight excluding hydrogens is 325 g/mol. The van der Waals surface area contributed by atoms with Crippen LogP contribution < -0.4 is 10.6 Å². The predicted molar refractivity (Wildman–Crippen MR) is 82.3 cm³/mol. The lowest BCUT2D eigenvalue weighted by Crippen LogP contribution is -2.58. The molecule has 1 aliphatic heterocycles. The van der Waals surface area contributed by atoms with Crippen molar-refractivity contribution < 1.29 is 22.8 Å². The summed E-state index contributed by atoms with van der Waals surface area (Å²) in [4.78, 5) is 27.7. The third kappa shape index (κ3) is 5.62. The van der Waals surface area contributed by atoms with Crippen molar-refractivity contribution in [1.29, 1.82) is 0 Å². The third-order valence-corrected chi connectivity index (χ3v) is 4.59. The summed E-state index contributed by atoms with van der Waals surface area (Å²) < 4.78 is 36.5. The molecule has 2 fully saturated rings. The zero-order valence-corrected chi connectivity index (χ0v) is 14.0. The second-order valence-electron chi connectivity index (χ2n) is 6.54. The fourth-order valence-corrected chi connectivity index (χ4v) is 2.73. The molecule has 1 heterocycles. The Morgan fingerprint density at radius 3 is 1.88 bits per heavy atom. The molecule has 6 nitrogen and oxygen atoms in total. The Kier molecular flexibility index (Phi) is 6.08.